The van der Waals surface area contributed by atoms with Crippen molar-refractivity contribution in [2.45, 2.75) is 74.7 Å². The van der Waals surface area contributed by atoms with Gasteiger partial charge in [0.05, 0.1) is 5.60 Å². The first-order valence-electron chi connectivity index (χ1n) is 8.00. The van der Waals surface area contributed by atoms with Crippen LogP contribution in [0.3, 0.4) is 0 Å². The van der Waals surface area contributed by atoms with Crippen molar-refractivity contribution in [1.82, 2.24) is 4.90 Å². The molecule has 19 heavy (non-hydrogen) atoms. The molecule has 1 spiro atoms. The maximum Gasteiger partial charge on any atom is 0.0795 e. The van der Waals surface area contributed by atoms with Gasteiger partial charge in [-0.05, 0) is 50.7 Å². The molecule has 4 heteroatoms. The molecule has 4 saturated heterocycles. The molecule has 0 aromatic carbocycles. The first-order chi connectivity index (χ1) is 9.26. The van der Waals surface area contributed by atoms with Gasteiger partial charge in [0.25, 0.3) is 0 Å². The largest absolute Gasteiger partial charge is 0.374 e. The fourth-order valence-electron chi connectivity index (χ4n) is 4.97. The van der Waals surface area contributed by atoms with Crippen molar-refractivity contribution in [3.05, 3.63) is 0 Å². The maximum absolute atomic E-state index is 6.21. The van der Waals surface area contributed by atoms with Gasteiger partial charge in [-0.25, -0.2) is 0 Å². The molecule has 0 aliphatic carbocycles. The van der Waals surface area contributed by atoms with E-state index < -0.39 is 0 Å². The molecule has 0 radical (unpaired) electrons. The summed E-state index contributed by atoms with van der Waals surface area (Å²) in [7, 11) is 0. The SMILES string of the molecule is NC1CC2CCC(C1)N2C1CCOC2(CCSC2)C1. The third-order valence-corrected chi connectivity index (χ3v) is 7.00. The fraction of sp³-hybridized carbons (Fsp3) is 1.00. The second kappa shape index (κ2) is 4.90. The molecule has 0 amide bonds. The van der Waals surface area contributed by atoms with Gasteiger partial charge >= 0.3 is 0 Å². The van der Waals surface area contributed by atoms with Crippen molar-refractivity contribution in [1.29, 1.82) is 0 Å². The standard InChI is InChI=1S/C15H26N2OS/c16-11-7-12-1-2-13(8-11)17(12)14-3-5-18-15(9-14)4-6-19-10-15/h11-14H,1-10,16H2. The van der Waals surface area contributed by atoms with E-state index in [1.165, 1.54) is 56.5 Å². The summed E-state index contributed by atoms with van der Waals surface area (Å²) >= 11 is 2.08. The zero-order valence-corrected chi connectivity index (χ0v) is 12.5. The third kappa shape index (κ3) is 2.25. The van der Waals surface area contributed by atoms with Gasteiger partial charge in [-0.15, -0.1) is 0 Å². The predicted molar refractivity (Wildman–Crippen MR) is 79.5 cm³/mol. The topological polar surface area (TPSA) is 38.5 Å². The predicted octanol–water partition coefficient (Wildman–Crippen LogP) is 2.00. The summed E-state index contributed by atoms with van der Waals surface area (Å²) in [4.78, 5) is 2.87. The lowest BCUT2D eigenvalue weighted by molar-refractivity contribution is -0.101. The van der Waals surface area contributed by atoms with E-state index in [4.69, 9.17) is 10.5 Å². The minimum absolute atomic E-state index is 0.229. The van der Waals surface area contributed by atoms with E-state index in [1.54, 1.807) is 0 Å². The Labute approximate surface area is 120 Å². The molecular formula is C15H26N2OS. The first-order valence-corrected chi connectivity index (χ1v) is 9.16. The van der Waals surface area contributed by atoms with Gasteiger partial charge in [-0.1, -0.05) is 0 Å². The molecule has 4 aliphatic rings. The molecule has 108 valence electrons. The molecule has 2 N–H and O–H groups in total. The number of rotatable bonds is 1. The molecule has 4 unspecified atom stereocenters. The Bertz CT molecular complexity index is 331. The summed E-state index contributed by atoms with van der Waals surface area (Å²) in [6, 6.07) is 2.80. The summed E-state index contributed by atoms with van der Waals surface area (Å²) in [5.41, 5.74) is 6.44. The average molecular weight is 282 g/mol. The Morgan fingerprint density at radius 2 is 1.89 bits per heavy atom. The second-order valence-corrected chi connectivity index (χ2v) is 8.15. The summed E-state index contributed by atoms with van der Waals surface area (Å²) in [5, 5.41) is 0. The van der Waals surface area contributed by atoms with Crippen molar-refractivity contribution in [2.24, 2.45) is 5.73 Å². The number of piperidine rings is 1. The van der Waals surface area contributed by atoms with E-state index in [9.17, 15) is 0 Å². The Balaban J connectivity index is 1.50. The smallest absolute Gasteiger partial charge is 0.0795 e. The molecule has 4 atom stereocenters. The third-order valence-electron chi connectivity index (χ3n) is 5.78. The Kier molecular flexibility index (Phi) is 3.34. The number of hydrogen-bond donors (Lipinski definition) is 1. The van der Waals surface area contributed by atoms with E-state index in [0.717, 1.165) is 24.7 Å². The van der Waals surface area contributed by atoms with Crippen molar-refractivity contribution in [2.75, 3.05) is 18.1 Å². The Hall–Kier alpha value is 0.230. The number of nitrogens with two attached hydrogens (primary N) is 1. The molecule has 4 rings (SSSR count). The molecule has 4 aliphatic heterocycles. The van der Waals surface area contributed by atoms with E-state index in [0.29, 0.717) is 6.04 Å². The maximum atomic E-state index is 6.21. The van der Waals surface area contributed by atoms with Crippen LogP contribution in [0.2, 0.25) is 0 Å². The van der Waals surface area contributed by atoms with Crippen LogP contribution >= 0.6 is 11.8 Å². The zero-order chi connectivity index (χ0) is 12.9. The number of thioether (sulfide) groups is 1. The summed E-state index contributed by atoms with van der Waals surface area (Å²) in [6.07, 6.45) is 9.04. The van der Waals surface area contributed by atoms with Crippen LogP contribution in [0.15, 0.2) is 0 Å². The molecule has 2 bridgehead atoms. The minimum Gasteiger partial charge on any atom is -0.374 e. The van der Waals surface area contributed by atoms with Crippen LogP contribution in [0.25, 0.3) is 0 Å². The molecule has 4 heterocycles. The number of ether oxygens (including phenoxy) is 1. The van der Waals surface area contributed by atoms with Gasteiger partial charge in [-0.2, -0.15) is 11.8 Å². The van der Waals surface area contributed by atoms with Gasteiger partial charge < -0.3 is 10.5 Å². The normalized spacial score (nSPS) is 51.0. The number of nitrogens with zero attached hydrogens (tertiary/aromatic N) is 1. The molecule has 0 aromatic heterocycles. The fourth-order valence-corrected chi connectivity index (χ4v) is 6.35. The quantitative estimate of drug-likeness (QED) is 0.798. The van der Waals surface area contributed by atoms with Crippen LogP contribution in [-0.2, 0) is 4.74 Å². The van der Waals surface area contributed by atoms with Crippen LogP contribution in [-0.4, -0.2) is 52.8 Å². The van der Waals surface area contributed by atoms with Gasteiger partial charge in [0.2, 0.25) is 0 Å². The van der Waals surface area contributed by atoms with Crippen LogP contribution < -0.4 is 5.73 Å². The van der Waals surface area contributed by atoms with Crippen molar-refractivity contribution < 1.29 is 4.74 Å². The highest BCUT2D eigenvalue weighted by molar-refractivity contribution is 7.99. The van der Waals surface area contributed by atoms with Crippen molar-refractivity contribution >= 4 is 11.8 Å². The lowest BCUT2D eigenvalue weighted by atomic mass is 9.86. The van der Waals surface area contributed by atoms with E-state index in [-0.39, 0.29) is 5.60 Å². The Morgan fingerprint density at radius 3 is 2.58 bits per heavy atom. The van der Waals surface area contributed by atoms with E-state index in [2.05, 4.69) is 16.7 Å². The molecule has 0 saturated carbocycles. The van der Waals surface area contributed by atoms with Crippen molar-refractivity contribution in [3.63, 3.8) is 0 Å². The lowest BCUT2D eigenvalue weighted by Crippen LogP contribution is -2.56. The second-order valence-electron chi connectivity index (χ2n) is 7.04. The Morgan fingerprint density at radius 1 is 1.11 bits per heavy atom. The highest BCUT2D eigenvalue weighted by Crippen LogP contribution is 2.44. The lowest BCUT2D eigenvalue weighted by Gasteiger charge is -2.48. The number of fused-ring (bicyclic) bond motifs is 2. The molecule has 3 nitrogen and oxygen atoms in total. The first kappa shape index (κ1) is 12.9. The molecule has 0 aromatic rings. The molecular weight excluding hydrogens is 256 g/mol. The van der Waals surface area contributed by atoms with Gasteiger partial charge in [0.1, 0.15) is 0 Å². The van der Waals surface area contributed by atoms with E-state index in [1.807, 2.05) is 0 Å². The van der Waals surface area contributed by atoms with Crippen LogP contribution in [0.1, 0.15) is 44.9 Å². The summed E-state index contributed by atoms with van der Waals surface area (Å²) in [6.45, 7) is 0.979. The van der Waals surface area contributed by atoms with Crippen LogP contribution in [0.4, 0.5) is 0 Å². The minimum atomic E-state index is 0.229. The highest BCUT2D eigenvalue weighted by atomic mass is 32.2. The zero-order valence-electron chi connectivity index (χ0n) is 11.7. The van der Waals surface area contributed by atoms with E-state index >= 15 is 0 Å². The molecule has 4 fully saturated rings. The van der Waals surface area contributed by atoms with Gasteiger partial charge in [-0.3, -0.25) is 4.90 Å². The number of hydrogen-bond acceptors (Lipinski definition) is 4. The van der Waals surface area contributed by atoms with Crippen molar-refractivity contribution in [3.8, 4) is 0 Å². The summed E-state index contributed by atoms with van der Waals surface area (Å²) < 4.78 is 6.19. The monoisotopic (exact) mass is 282 g/mol. The van der Waals surface area contributed by atoms with Crippen LogP contribution in [0, 0.1) is 0 Å². The summed E-state index contributed by atoms with van der Waals surface area (Å²) in [5.74, 6) is 2.52. The highest BCUT2D eigenvalue weighted by Gasteiger charge is 2.48. The average Bonchev–Trinajstić information content (AvgIpc) is 2.94. The van der Waals surface area contributed by atoms with Gasteiger partial charge in [0, 0.05) is 36.5 Å². The van der Waals surface area contributed by atoms with Gasteiger partial charge in [0.15, 0.2) is 0 Å². The van der Waals surface area contributed by atoms with Crippen LogP contribution in [0.5, 0.6) is 0 Å².